The van der Waals surface area contributed by atoms with Gasteiger partial charge in [0, 0.05) is 14.2 Å². The number of ether oxygens (including phenoxy) is 2. The minimum atomic E-state index is -1.47. The summed E-state index contributed by atoms with van der Waals surface area (Å²) in [6.07, 6.45) is -1.58. The topological polar surface area (TPSA) is 57.2 Å². The molecule has 5 nitrogen and oxygen atoms in total. The molecule has 36 heavy (non-hydrogen) atoms. The zero-order valence-electron chi connectivity index (χ0n) is 20.4. The molecule has 0 aromatic heterocycles. The molecule has 1 aliphatic heterocycles. The number of hydrogen-bond donors (Lipinski definition) is 1. The van der Waals surface area contributed by atoms with Gasteiger partial charge in [-0.15, -0.1) is 0 Å². The molecule has 1 fully saturated rings. The van der Waals surface area contributed by atoms with E-state index < -0.39 is 30.7 Å². The fourth-order valence-corrected chi connectivity index (χ4v) is 5.48. The van der Waals surface area contributed by atoms with E-state index in [0.717, 1.165) is 22.3 Å². The lowest BCUT2D eigenvalue weighted by atomic mass is 9.71. The van der Waals surface area contributed by atoms with Gasteiger partial charge >= 0.3 is 7.32 Å². The highest BCUT2D eigenvalue weighted by atomic mass is 16.7. The maximum Gasteiger partial charge on any atom is 0.637 e. The molecule has 0 amide bonds. The normalized spacial score (nSPS) is 18.4. The number of rotatable bonds is 8. The third kappa shape index (κ3) is 3.97. The van der Waals surface area contributed by atoms with Gasteiger partial charge < -0.3 is 23.8 Å². The maximum atomic E-state index is 10.8. The van der Waals surface area contributed by atoms with Crippen molar-refractivity contribution >= 4 is 7.32 Å². The van der Waals surface area contributed by atoms with E-state index in [0.29, 0.717) is 0 Å². The van der Waals surface area contributed by atoms with E-state index in [1.165, 1.54) is 0 Å². The van der Waals surface area contributed by atoms with Crippen molar-refractivity contribution in [2.75, 3.05) is 14.2 Å². The van der Waals surface area contributed by atoms with Crippen molar-refractivity contribution in [2.45, 2.75) is 23.4 Å². The summed E-state index contributed by atoms with van der Waals surface area (Å²) >= 11 is 0. The Balaban J connectivity index is 1.79. The fraction of sp³-hybridized carbons (Fsp3) is 0.200. The lowest BCUT2D eigenvalue weighted by Crippen LogP contribution is -2.56. The van der Waals surface area contributed by atoms with Gasteiger partial charge in [0.2, 0.25) is 0 Å². The summed E-state index contributed by atoms with van der Waals surface area (Å²) in [6, 6.07) is 39.6. The molecule has 0 unspecified atom stereocenters. The van der Waals surface area contributed by atoms with E-state index in [1.54, 1.807) is 14.2 Å². The average Bonchev–Trinajstić information content (AvgIpc) is 3.34. The van der Waals surface area contributed by atoms with E-state index in [9.17, 15) is 5.02 Å². The largest absolute Gasteiger partial charge is 0.637 e. The van der Waals surface area contributed by atoms with Crippen molar-refractivity contribution in [2.24, 2.45) is 0 Å². The second kappa shape index (κ2) is 10.4. The first-order valence-electron chi connectivity index (χ1n) is 12.0. The summed E-state index contributed by atoms with van der Waals surface area (Å²) in [5.41, 5.74) is 1.26. The highest BCUT2D eigenvalue weighted by molar-refractivity contribution is 6.35. The highest BCUT2D eigenvalue weighted by Crippen LogP contribution is 2.50. The minimum absolute atomic E-state index is 0.789. The van der Waals surface area contributed by atoms with Gasteiger partial charge in [0.25, 0.3) is 0 Å². The first-order valence-corrected chi connectivity index (χ1v) is 12.0. The molecule has 1 heterocycles. The van der Waals surface area contributed by atoms with Crippen molar-refractivity contribution in [3.05, 3.63) is 144 Å². The summed E-state index contributed by atoms with van der Waals surface area (Å²) in [5, 5.41) is 10.8. The Labute approximate surface area is 212 Å². The van der Waals surface area contributed by atoms with Crippen molar-refractivity contribution in [1.29, 1.82) is 0 Å². The lowest BCUT2D eigenvalue weighted by Gasteiger charge is -2.46. The van der Waals surface area contributed by atoms with Crippen LogP contribution in [0.25, 0.3) is 0 Å². The zero-order valence-corrected chi connectivity index (χ0v) is 20.4. The smallest absolute Gasteiger partial charge is 0.402 e. The quantitative estimate of drug-likeness (QED) is 0.363. The summed E-state index contributed by atoms with van der Waals surface area (Å²) in [6.45, 7) is 0. The summed E-state index contributed by atoms with van der Waals surface area (Å²) in [5.74, 6) is 0. The Morgan fingerprint density at radius 3 is 1.00 bits per heavy atom. The van der Waals surface area contributed by atoms with Crippen LogP contribution >= 0.6 is 0 Å². The zero-order chi connectivity index (χ0) is 25.0. The Bertz CT molecular complexity index is 1060. The van der Waals surface area contributed by atoms with Crippen LogP contribution in [0, 0.1) is 0 Å². The van der Waals surface area contributed by atoms with Crippen LogP contribution < -0.4 is 0 Å². The second-order valence-electron chi connectivity index (χ2n) is 8.76. The molecule has 1 N–H and O–H groups in total. The second-order valence-corrected chi connectivity index (χ2v) is 8.76. The van der Waals surface area contributed by atoms with E-state index >= 15 is 0 Å². The van der Waals surface area contributed by atoms with Crippen molar-refractivity contribution in [3.63, 3.8) is 0 Å². The van der Waals surface area contributed by atoms with Gasteiger partial charge in [-0.05, 0) is 22.3 Å². The van der Waals surface area contributed by atoms with E-state index in [2.05, 4.69) is 0 Å². The Morgan fingerprint density at radius 2 is 0.778 bits per heavy atom. The van der Waals surface area contributed by atoms with Crippen molar-refractivity contribution in [3.8, 4) is 0 Å². The number of methoxy groups -OCH3 is 2. The van der Waals surface area contributed by atoms with Crippen molar-refractivity contribution in [1.82, 2.24) is 0 Å². The predicted octanol–water partition coefficient (Wildman–Crippen LogP) is 4.93. The number of hydrogen-bond acceptors (Lipinski definition) is 5. The van der Waals surface area contributed by atoms with Crippen molar-refractivity contribution < 1.29 is 23.8 Å². The molecule has 0 aliphatic carbocycles. The van der Waals surface area contributed by atoms with Gasteiger partial charge in [0.1, 0.15) is 23.4 Å². The van der Waals surface area contributed by atoms with Gasteiger partial charge in [0.15, 0.2) is 0 Å². The monoisotopic (exact) mass is 480 g/mol. The molecular weight excluding hydrogens is 451 g/mol. The summed E-state index contributed by atoms with van der Waals surface area (Å²) in [7, 11) is 1.85. The van der Waals surface area contributed by atoms with Gasteiger partial charge in [-0.1, -0.05) is 121 Å². The number of benzene rings is 4. The van der Waals surface area contributed by atoms with E-state index in [-0.39, 0.29) is 0 Å². The molecule has 0 saturated carbocycles. The summed E-state index contributed by atoms with van der Waals surface area (Å²) in [4.78, 5) is 0. The van der Waals surface area contributed by atoms with Gasteiger partial charge in [-0.2, -0.15) is 0 Å². The minimum Gasteiger partial charge on any atom is -0.402 e. The molecule has 0 radical (unpaired) electrons. The van der Waals surface area contributed by atoms with Crippen LogP contribution in [0.1, 0.15) is 22.3 Å². The molecule has 4 aromatic carbocycles. The van der Waals surface area contributed by atoms with Gasteiger partial charge in [0.05, 0.1) is 0 Å². The first-order chi connectivity index (χ1) is 17.7. The van der Waals surface area contributed by atoms with Crippen LogP contribution in [0.15, 0.2) is 121 Å². The van der Waals surface area contributed by atoms with E-state index in [1.807, 2.05) is 121 Å². The fourth-order valence-electron chi connectivity index (χ4n) is 5.48. The van der Waals surface area contributed by atoms with Crippen LogP contribution in [0.2, 0.25) is 0 Å². The Hall–Kier alpha value is -3.26. The third-order valence-corrected chi connectivity index (χ3v) is 7.06. The van der Waals surface area contributed by atoms with E-state index in [4.69, 9.17) is 18.8 Å². The lowest BCUT2D eigenvalue weighted by molar-refractivity contribution is -0.136. The third-order valence-electron chi connectivity index (χ3n) is 7.06. The highest BCUT2D eigenvalue weighted by Gasteiger charge is 2.62. The molecule has 6 heteroatoms. The van der Waals surface area contributed by atoms with Crippen LogP contribution in [0.4, 0.5) is 0 Å². The Morgan fingerprint density at radius 1 is 0.528 bits per heavy atom. The molecular formula is C30H29BO5. The standard InChI is InChI=1S/C30H29BO5/c1-33-29(23-15-7-3-8-16-23,24-17-9-4-10-18-24)27-28(36-31(32)35-27)30(34-2,25-19-11-5-12-20-25)26-21-13-6-14-22-26/h3-22,27-28,32H,1-2H3/t27-,28-/m1/s1. The Kier molecular flexibility index (Phi) is 7.05. The SMILES string of the molecule is COC(c1ccccc1)(c1ccccc1)[C@@H]1OB(O)O[C@H]1C(OC)(c1ccccc1)c1ccccc1. The molecule has 4 aromatic rings. The molecule has 0 spiro atoms. The van der Waals surface area contributed by atoms with Crippen LogP contribution in [0.5, 0.6) is 0 Å². The summed E-state index contributed by atoms with van der Waals surface area (Å²) < 4.78 is 25.3. The van der Waals surface area contributed by atoms with Crippen LogP contribution in [0.3, 0.4) is 0 Å². The molecule has 182 valence electrons. The molecule has 1 aliphatic rings. The van der Waals surface area contributed by atoms with Gasteiger partial charge in [-0.3, -0.25) is 0 Å². The predicted molar refractivity (Wildman–Crippen MR) is 139 cm³/mol. The molecule has 2 atom stereocenters. The van der Waals surface area contributed by atoms with Crippen LogP contribution in [-0.4, -0.2) is 38.8 Å². The molecule has 0 bridgehead atoms. The van der Waals surface area contributed by atoms with Gasteiger partial charge in [-0.25, -0.2) is 0 Å². The molecule has 1 saturated heterocycles. The van der Waals surface area contributed by atoms with Crippen LogP contribution in [-0.2, 0) is 30.0 Å². The average molecular weight is 480 g/mol. The molecule has 5 rings (SSSR count). The maximum absolute atomic E-state index is 10.8. The first kappa shape index (κ1) is 24.4.